The summed E-state index contributed by atoms with van der Waals surface area (Å²) in [5.74, 6) is -1.09. The normalized spacial score (nSPS) is 10.7. The molecule has 1 aromatic heterocycles. The molecular formula is C16H15NO3S. The van der Waals surface area contributed by atoms with Crippen LogP contribution < -0.4 is 5.32 Å². The van der Waals surface area contributed by atoms with E-state index in [1.807, 2.05) is 37.3 Å². The largest absolute Gasteiger partial charge is 0.478 e. The lowest BCUT2D eigenvalue weighted by atomic mass is 10.1. The van der Waals surface area contributed by atoms with Crippen LogP contribution >= 0.6 is 11.3 Å². The molecular weight excluding hydrogens is 286 g/mol. The van der Waals surface area contributed by atoms with Crippen molar-refractivity contribution in [1.29, 1.82) is 0 Å². The maximum absolute atomic E-state index is 12.0. The van der Waals surface area contributed by atoms with Crippen LogP contribution in [0.5, 0.6) is 0 Å². The van der Waals surface area contributed by atoms with Gasteiger partial charge in [0.1, 0.15) is 0 Å². The van der Waals surface area contributed by atoms with E-state index in [9.17, 15) is 9.59 Å². The Morgan fingerprint density at radius 2 is 2.10 bits per heavy atom. The second-order valence-electron chi connectivity index (χ2n) is 4.53. The Labute approximate surface area is 126 Å². The van der Waals surface area contributed by atoms with Crippen LogP contribution in [0, 0.1) is 6.92 Å². The number of aryl methyl sites for hydroxylation is 1. The quantitative estimate of drug-likeness (QED) is 0.834. The molecule has 0 atom stereocenters. The predicted molar refractivity (Wildman–Crippen MR) is 83.3 cm³/mol. The molecule has 108 valence electrons. The number of hydrogen-bond donors (Lipinski definition) is 2. The van der Waals surface area contributed by atoms with Crippen molar-refractivity contribution in [2.24, 2.45) is 0 Å². The summed E-state index contributed by atoms with van der Waals surface area (Å²) >= 11 is 1.45. The molecule has 0 aliphatic rings. The number of amides is 1. The van der Waals surface area contributed by atoms with Gasteiger partial charge in [0.2, 0.25) is 0 Å². The number of carboxylic acid groups (broad SMARTS) is 1. The van der Waals surface area contributed by atoms with Crippen LogP contribution in [-0.2, 0) is 11.3 Å². The lowest BCUT2D eigenvalue weighted by molar-refractivity contribution is -0.131. The number of carboxylic acids is 1. The number of carbonyl (C=O) groups is 2. The van der Waals surface area contributed by atoms with Crippen molar-refractivity contribution in [1.82, 2.24) is 5.32 Å². The van der Waals surface area contributed by atoms with Gasteiger partial charge in [0.25, 0.3) is 5.91 Å². The number of nitrogens with one attached hydrogen (secondary N) is 1. The maximum atomic E-state index is 12.0. The predicted octanol–water partition coefficient (Wildman–Crippen LogP) is 3.08. The summed E-state index contributed by atoms with van der Waals surface area (Å²) in [4.78, 5) is 24.3. The summed E-state index contributed by atoms with van der Waals surface area (Å²) in [5.41, 5.74) is 1.68. The third-order valence-electron chi connectivity index (χ3n) is 2.78. The standard InChI is InChI=1S/C16H15NO3S/c1-11-3-2-4-12(9-11)16(20)17-10-14-6-5-13(21-14)7-8-15(18)19/h2-9H,10H2,1H3,(H,17,20)(H,18,19). The molecule has 2 N–H and O–H groups in total. The molecule has 1 heterocycles. The van der Waals surface area contributed by atoms with E-state index in [1.165, 1.54) is 11.3 Å². The fourth-order valence-corrected chi connectivity index (χ4v) is 2.64. The summed E-state index contributed by atoms with van der Waals surface area (Å²) < 4.78 is 0. The molecule has 1 amide bonds. The lowest BCUT2D eigenvalue weighted by Crippen LogP contribution is -2.22. The Kier molecular flexibility index (Phi) is 4.90. The number of rotatable bonds is 5. The van der Waals surface area contributed by atoms with Gasteiger partial charge in [-0.3, -0.25) is 4.79 Å². The van der Waals surface area contributed by atoms with E-state index >= 15 is 0 Å². The maximum Gasteiger partial charge on any atom is 0.328 e. The van der Waals surface area contributed by atoms with Gasteiger partial charge in [0.05, 0.1) is 6.54 Å². The van der Waals surface area contributed by atoms with Gasteiger partial charge in [-0.15, -0.1) is 11.3 Å². The molecule has 0 unspecified atom stereocenters. The van der Waals surface area contributed by atoms with Crippen LogP contribution in [0.2, 0.25) is 0 Å². The second-order valence-corrected chi connectivity index (χ2v) is 5.73. The molecule has 0 saturated carbocycles. The molecule has 0 saturated heterocycles. The Bertz CT molecular complexity index is 688. The highest BCUT2D eigenvalue weighted by molar-refractivity contribution is 7.12. The van der Waals surface area contributed by atoms with E-state index in [4.69, 9.17) is 5.11 Å². The molecule has 0 radical (unpaired) electrons. The van der Waals surface area contributed by atoms with E-state index in [0.717, 1.165) is 21.4 Å². The first-order chi connectivity index (χ1) is 10.0. The van der Waals surface area contributed by atoms with Crippen LogP contribution in [-0.4, -0.2) is 17.0 Å². The van der Waals surface area contributed by atoms with Crippen molar-refractivity contribution in [3.63, 3.8) is 0 Å². The monoisotopic (exact) mass is 301 g/mol. The first kappa shape index (κ1) is 15.0. The highest BCUT2D eigenvalue weighted by Gasteiger charge is 2.06. The van der Waals surface area contributed by atoms with Crippen molar-refractivity contribution in [2.75, 3.05) is 0 Å². The lowest BCUT2D eigenvalue weighted by Gasteiger charge is -2.04. The van der Waals surface area contributed by atoms with Crippen molar-refractivity contribution in [3.8, 4) is 0 Å². The van der Waals surface area contributed by atoms with Gasteiger partial charge >= 0.3 is 5.97 Å². The van der Waals surface area contributed by atoms with Gasteiger partial charge in [-0.1, -0.05) is 17.7 Å². The van der Waals surface area contributed by atoms with Crippen molar-refractivity contribution < 1.29 is 14.7 Å². The average Bonchev–Trinajstić information content (AvgIpc) is 2.90. The Morgan fingerprint density at radius 3 is 2.81 bits per heavy atom. The Hall–Kier alpha value is -2.40. The SMILES string of the molecule is Cc1cccc(C(=O)NCc2ccc(C=CC(=O)O)s2)c1. The molecule has 21 heavy (non-hydrogen) atoms. The van der Waals surface area contributed by atoms with Crippen molar-refractivity contribution >= 4 is 29.3 Å². The number of thiophene rings is 1. The zero-order chi connectivity index (χ0) is 15.2. The molecule has 0 bridgehead atoms. The van der Waals surface area contributed by atoms with Gasteiger partial charge in [-0.25, -0.2) is 4.79 Å². The third-order valence-corrected chi connectivity index (χ3v) is 3.83. The fraction of sp³-hybridized carbons (Fsp3) is 0.125. The van der Waals surface area contributed by atoms with E-state index in [0.29, 0.717) is 12.1 Å². The van der Waals surface area contributed by atoms with Crippen LogP contribution in [0.15, 0.2) is 42.5 Å². The Balaban J connectivity index is 1.94. The van der Waals surface area contributed by atoms with Gasteiger partial charge < -0.3 is 10.4 Å². The first-order valence-corrected chi connectivity index (χ1v) is 7.21. The van der Waals surface area contributed by atoms with Gasteiger partial charge in [0.15, 0.2) is 0 Å². The minimum absolute atomic E-state index is 0.116. The Morgan fingerprint density at radius 1 is 1.29 bits per heavy atom. The molecule has 4 nitrogen and oxygen atoms in total. The molecule has 0 aliphatic carbocycles. The molecule has 0 spiro atoms. The van der Waals surface area contributed by atoms with E-state index in [1.54, 1.807) is 12.1 Å². The highest BCUT2D eigenvalue weighted by Crippen LogP contribution is 2.18. The summed E-state index contributed by atoms with van der Waals surface area (Å²) in [6.45, 7) is 2.37. The molecule has 2 rings (SSSR count). The van der Waals surface area contributed by atoms with Crippen molar-refractivity contribution in [2.45, 2.75) is 13.5 Å². The topological polar surface area (TPSA) is 66.4 Å². The van der Waals surface area contributed by atoms with Crippen LogP contribution in [0.25, 0.3) is 6.08 Å². The zero-order valence-corrected chi connectivity index (χ0v) is 12.3. The zero-order valence-electron chi connectivity index (χ0n) is 11.5. The minimum Gasteiger partial charge on any atom is -0.478 e. The van der Waals surface area contributed by atoms with Crippen LogP contribution in [0.4, 0.5) is 0 Å². The third kappa shape index (κ3) is 4.57. The summed E-state index contributed by atoms with van der Waals surface area (Å²) in [6, 6.07) is 11.1. The molecule has 0 fully saturated rings. The number of hydrogen-bond acceptors (Lipinski definition) is 3. The fourth-order valence-electron chi connectivity index (χ4n) is 1.79. The minimum atomic E-state index is -0.974. The molecule has 0 aliphatic heterocycles. The summed E-state index contributed by atoms with van der Waals surface area (Å²) in [5, 5.41) is 11.4. The second kappa shape index (κ2) is 6.85. The van der Waals surface area contributed by atoms with Crippen LogP contribution in [0.1, 0.15) is 25.7 Å². The number of benzene rings is 1. The highest BCUT2D eigenvalue weighted by atomic mass is 32.1. The van der Waals surface area contributed by atoms with Gasteiger partial charge in [-0.2, -0.15) is 0 Å². The van der Waals surface area contributed by atoms with Gasteiger partial charge in [-0.05, 0) is 37.3 Å². The summed E-state index contributed by atoms with van der Waals surface area (Å²) in [6.07, 6.45) is 2.64. The molecule has 5 heteroatoms. The van der Waals surface area contributed by atoms with E-state index < -0.39 is 5.97 Å². The molecule has 2 aromatic rings. The van der Waals surface area contributed by atoms with Crippen molar-refractivity contribution in [3.05, 3.63) is 63.4 Å². The number of aliphatic carboxylic acids is 1. The van der Waals surface area contributed by atoms with E-state index in [2.05, 4.69) is 5.32 Å². The van der Waals surface area contributed by atoms with E-state index in [-0.39, 0.29) is 5.91 Å². The summed E-state index contributed by atoms with van der Waals surface area (Å²) in [7, 11) is 0. The smallest absolute Gasteiger partial charge is 0.328 e. The average molecular weight is 301 g/mol. The number of carbonyl (C=O) groups excluding carboxylic acids is 1. The molecule has 1 aromatic carbocycles. The van der Waals surface area contributed by atoms with Crippen LogP contribution in [0.3, 0.4) is 0 Å². The first-order valence-electron chi connectivity index (χ1n) is 6.39. The van der Waals surface area contributed by atoms with Gasteiger partial charge in [0, 0.05) is 21.4 Å².